The van der Waals surface area contributed by atoms with E-state index >= 15 is 0 Å². The zero-order valence-corrected chi connectivity index (χ0v) is 20.9. The monoisotopic (exact) mass is 495 g/mol. The van der Waals surface area contributed by atoms with Crippen LogP contribution < -0.4 is 0 Å². The average molecular weight is 496 g/mol. The highest BCUT2D eigenvalue weighted by Gasteiger charge is 2.32. The molecule has 4 rings (SSSR count). The predicted octanol–water partition coefficient (Wildman–Crippen LogP) is 7.36. The number of para-hydroxylation sites is 1. The highest BCUT2D eigenvalue weighted by Crippen LogP contribution is 2.35. The van der Waals surface area contributed by atoms with Crippen molar-refractivity contribution >= 4 is 51.9 Å². The fourth-order valence-electron chi connectivity index (χ4n) is 3.75. The summed E-state index contributed by atoms with van der Waals surface area (Å²) in [7, 11) is 0. The van der Waals surface area contributed by atoms with Crippen molar-refractivity contribution < 1.29 is 4.79 Å². The lowest BCUT2D eigenvalue weighted by Gasteiger charge is -2.13. The molecule has 1 amide bonds. The molecule has 0 spiro atoms. The molecule has 1 fully saturated rings. The second-order valence-electron chi connectivity index (χ2n) is 7.97. The van der Waals surface area contributed by atoms with Crippen molar-refractivity contribution in [2.24, 2.45) is 0 Å². The number of amides is 1. The summed E-state index contributed by atoms with van der Waals surface area (Å²) in [4.78, 5) is 15.5. The van der Waals surface area contributed by atoms with Gasteiger partial charge < -0.3 is 0 Å². The third kappa shape index (κ3) is 5.75. The van der Waals surface area contributed by atoms with Crippen molar-refractivity contribution in [2.75, 3.05) is 6.54 Å². The second kappa shape index (κ2) is 11.1. The van der Waals surface area contributed by atoms with Crippen LogP contribution in [0.5, 0.6) is 0 Å². The second-order valence-corrected chi connectivity index (χ2v) is 10.1. The highest BCUT2D eigenvalue weighted by molar-refractivity contribution is 8.26. The number of thiocarbonyl (C=S) groups is 1. The van der Waals surface area contributed by atoms with Crippen LogP contribution >= 0.6 is 35.6 Å². The van der Waals surface area contributed by atoms with Gasteiger partial charge in [-0.15, -0.1) is 0 Å². The Hall–Kier alpha value is -2.41. The Kier molecular flexibility index (Phi) is 8.02. The lowest BCUT2D eigenvalue weighted by Crippen LogP contribution is -2.29. The molecule has 0 bridgehead atoms. The fourth-order valence-corrected chi connectivity index (χ4v) is 5.17. The molecule has 4 nitrogen and oxygen atoms in total. The molecule has 0 unspecified atom stereocenters. The maximum atomic E-state index is 13.1. The van der Waals surface area contributed by atoms with E-state index in [0.29, 0.717) is 20.8 Å². The van der Waals surface area contributed by atoms with Crippen molar-refractivity contribution in [3.8, 4) is 16.9 Å². The van der Waals surface area contributed by atoms with E-state index in [1.165, 1.54) is 31.0 Å². The SMILES string of the molecule is CCCCCCCN1C(=O)/C(=C/c2cn(-c3ccccc3)nc2-c2ccc(Cl)cc2)SC1=S. The Morgan fingerprint density at radius 2 is 1.76 bits per heavy atom. The normalized spacial score (nSPS) is 15.1. The van der Waals surface area contributed by atoms with Crippen molar-refractivity contribution in [3.63, 3.8) is 0 Å². The van der Waals surface area contributed by atoms with E-state index in [-0.39, 0.29) is 5.91 Å². The van der Waals surface area contributed by atoms with E-state index in [1.807, 2.05) is 71.6 Å². The largest absolute Gasteiger partial charge is 0.293 e. The first kappa shape index (κ1) is 23.7. The number of thioether (sulfide) groups is 1. The molecule has 0 radical (unpaired) electrons. The fraction of sp³-hybridized carbons (Fsp3) is 0.269. The minimum Gasteiger partial charge on any atom is -0.293 e. The molecule has 1 aromatic heterocycles. The Bertz CT molecular complexity index is 1160. The van der Waals surface area contributed by atoms with Gasteiger partial charge in [0.25, 0.3) is 5.91 Å². The number of halogens is 1. The number of carbonyl (C=O) groups excluding carboxylic acids is 1. The number of benzene rings is 2. The zero-order chi connectivity index (χ0) is 23.2. The van der Waals surface area contributed by atoms with Crippen molar-refractivity contribution in [3.05, 3.63) is 76.3 Å². The molecule has 0 N–H and O–H groups in total. The van der Waals surface area contributed by atoms with Crippen LogP contribution in [0.3, 0.4) is 0 Å². The molecule has 3 aromatic rings. The molecule has 0 atom stereocenters. The quantitative estimate of drug-likeness (QED) is 0.176. The highest BCUT2D eigenvalue weighted by atomic mass is 35.5. The van der Waals surface area contributed by atoms with Crippen LogP contribution in [0, 0.1) is 0 Å². The zero-order valence-electron chi connectivity index (χ0n) is 18.5. The van der Waals surface area contributed by atoms with Gasteiger partial charge in [0, 0.05) is 28.9 Å². The maximum absolute atomic E-state index is 13.1. The van der Waals surface area contributed by atoms with Gasteiger partial charge in [-0.2, -0.15) is 5.10 Å². The van der Waals surface area contributed by atoms with Gasteiger partial charge in [-0.1, -0.05) is 98.5 Å². The Balaban J connectivity index is 1.62. The van der Waals surface area contributed by atoms with Gasteiger partial charge in [0.2, 0.25) is 0 Å². The molecule has 2 aromatic carbocycles. The van der Waals surface area contributed by atoms with Crippen molar-refractivity contribution in [1.29, 1.82) is 0 Å². The molecule has 33 heavy (non-hydrogen) atoms. The number of unbranched alkanes of at least 4 members (excludes halogenated alkanes) is 4. The molecule has 1 aliphatic heterocycles. The van der Waals surface area contributed by atoms with Crippen LogP contribution in [-0.2, 0) is 4.79 Å². The van der Waals surface area contributed by atoms with Crippen LogP contribution in [0.15, 0.2) is 65.7 Å². The third-order valence-corrected chi connectivity index (χ3v) is 7.16. The van der Waals surface area contributed by atoms with Gasteiger partial charge in [-0.3, -0.25) is 9.69 Å². The van der Waals surface area contributed by atoms with E-state index in [0.717, 1.165) is 35.3 Å². The lowest BCUT2D eigenvalue weighted by molar-refractivity contribution is -0.122. The molecular formula is C26H26ClN3OS2. The third-order valence-electron chi connectivity index (χ3n) is 5.53. The molecule has 1 saturated heterocycles. The summed E-state index contributed by atoms with van der Waals surface area (Å²) in [5, 5.41) is 5.49. The summed E-state index contributed by atoms with van der Waals surface area (Å²) >= 11 is 13.0. The maximum Gasteiger partial charge on any atom is 0.266 e. The van der Waals surface area contributed by atoms with Crippen LogP contribution in [0.4, 0.5) is 0 Å². The molecule has 170 valence electrons. The minimum atomic E-state index is -0.0185. The Morgan fingerprint density at radius 3 is 2.48 bits per heavy atom. The summed E-state index contributed by atoms with van der Waals surface area (Å²) in [6.07, 6.45) is 9.59. The average Bonchev–Trinajstić information content (AvgIpc) is 3.36. The summed E-state index contributed by atoms with van der Waals surface area (Å²) in [5.74, 6) is -0.0185. The first-order chi connectivity index (χ1) is 16.1. The number of hydrogen-bond donors (Lipinski definition) is 0. The van der Waals surface area contributed by atoms with Gasteiger partial charge >= 0.3 is 0 Å². The predicted molar refractivity (Wildman–Crippen MR) is 143 cm³/mol. The van der Waals surface area contributed by atoms with Gasteiger partial charge in [0.05, 0.1) is 16.3 Å². The van der Waals surface area contributed by atoms with E-state index < -0.39 is 0 Å². The van der Waals surface area contributed by atoms with Gasteiger partial charge in [0.1, 0.15) is 4.32 Å². The van der Waals surface area contributed by atoms with Crippen LogP contribution in [0.2, 0.25) is 5.02 Å². The number of carbonyl (C=O) groups is 1. The summed E-state index contributed by atoms with van der Waals surface area (Å²) in [6.45, 7) is 2.88. The van der Waals surface area contributed by atoms with Gasteiger partial charge in [-0.25, -0.2) is 4.68 Å². The number of rotatable bonds is 9. The molecule has 0 saturated carbocycles. The van der Waals surface area contributed by atoms with E-state index in [1.54, 1.807) is 4.90 Å². The number of nitrogens with zero attached hydrogens (tertiary/aromatic N) is 3. The van der Waals surface area contributed by atoms with E-state index in [9.17, 15) is 4.79 Å². The Morgan fingerprint density at radius 1 is 1.03 bits per heavy atom. The summed E-state index contributed by atoms with van der Waals surface area (Å²) < 4.78 is 2.47. The Labute approximate surface area is 209 Å². The smallest absolute Gasteiger partial charge is 0.266 e. The lowest BCUT2D eigenvalue weighted by atomic mass is 10.1. The van der Waals surface area contributed by atoms with Crippen molar-refractivity contribution in [1.82, 2.24) is 14.7 Å². The number of aromatic nitrogens is 2. The van der Waals surface area contributed by atoms with Gasteiger partial charge in [-0.05, 0) is 36.8 Å². The van der Waals surface area contributed by atoms with E-state index in [4.69, 9.17) is 28.9 Å². The molecule has 0 aliphatic carbocycles. The first-order valence-electron chi connectivity index (χ1n) is 11.2. The van der Waals surface area contributed by atoms with Crippen LogP contribution in [0.1, 0.15) is 44.6 Å². The molecular weight excluding hydrogens is 470 g/mol. The van der Waals surface area contributed by atoms with Crippen LogP contribution in [0.25, 0.3) is 23.0 Å². The molecule has 2 heterocycles. The summed E-state index contributed by atoms with van der Waals surface area (Å²) in [5.41, 5.74) is 3.55. The standard InChI is InChI=1S/C26H26ClN3OS2/c1-2-3-4-5-9-16-29-25(31)23(33-26(29)32)17-20-18-30(22-10-7-6-8-11-22)28-24(20)19-12-14-21(27)15-13-19/h6-8,10-15,17-18H,2-5,9,16H2,1H3/b23-17-. The van der Waals surface area contributed by atoms with E-state index in [2.05, 4.69) is 6.92 Å². The van der Waals surface area contributed by atoms with Crippen molar-refractivity contribution in [2.45, 2.75) is 39.0 Å². The molecule has 1 aliphatic rings. The topological polar surface area (TPSA) is 38.1 Å². The molecule has 7 heteroatoms. The first-order valence-corrected chi connectivity index (χ1v) is 12.8. The van der Waals surface area contributed by atoms with Crippen LogP contribution in [-0.4, -0.2) is 31.5 Å². The van der Waals surface area contributed by atoms with Gasteiger partial charge in [0.15, 0.2) is 0 Å². The minimum absolute atomic E-state index is 0.0185. The number of hydrogen-bond acceptors (Lipinski definition) is 4. The summed E-state index contributed by atoms with van der Waals surface area (Å²) in [6, 6.07) is 17.5.